The molecule has 31 heavy (non-hydrogen) atoms. The summed E-state index contributed by atoms with van der Waals surface area (Å²) in [7, 11) is 0. The second kappa shape index (κ2) is 14.1. The maximum absolute atomic E-state index is 12.6. The minimum atomic E-state index is -4.50. The first-order chi connectivity index (χ1) is 14.6. The van der Waals surface area contributed by atoms with Crippen LogP contribution in [0.5, 0.6) is 5.75 Å². The lowest BCUT2D eigenvalue weighted by atomic mass is 10.00. The standard InChI is InChI=1S/C16H19F3O3.C7H14O2/c17-16(18,19)12-6-3-7-13(10-12)22-15(21)14(20)9-8-11-4-1-2-5-11;1-2-3-4-5-6-7(8)9/h3,6-7,10-11,14,20H,1-2,4-5,8-9H2;2-6H2,1H3,(H,8,9). The predicted octanol–water partition coefficient (Wildman–Crippen LogP) is 5.98. The zero-order chi connectivity index (χ0) is 23.3. The SMILES string of the molecule is CCCCCCC(=O)O.O=C(Oc1cccc(C(F)(F)F)c1)C(O)CCC1CCCC1. The van der Waals surface area contributed by atoms with E-state index in [1.54, 1.807) is 0 Å². The number of aliphatic carboxylic acids is 1. The molecule has 0 saturated heterocycles. The molecule has 0 aromatic heterocycles. The summed E-state index contributed by atoms with van der Waals surface area (Å²) in [5.41, 5.74) is -0.891. The van der Waals surface area contributed by atoms with Gasteiger partial charge < -0.3 is 14.9 Å². The van der Waals surface area contributed by atoms with Gasteiger partial charge in [-0.15, -0.1) is 0 Å². The van der Waals surface area contributed by atoms with Gasteiger partial charge in [0.2, 0.25) is 0 Å². The number of ether oxygens (including phenoxy) is 1. The van der Waals surface area contributed by atoms with E-state index in [4.69, 9.17) is 9.84 Å². The number of unbranched alkanes of at least 4 members (excludes halogenated alkanes) is 3. The highest BCUT2D eigenvalue weighted by Gasteiger charge is 2.31. The number of esters is 1. The van der Waals surface area contributed by atoms with Crippen molar-refractivity contribution in [2.45, 2.75) is 89.8 Å². The summed E-state index contributed by atoms with van der Waals surface area (Å²) in [5, 5.41) is 18.0. The number of halogens is 3. The molecule has 176 valence electrons. The summed E-state index contributed by atoms with van der Waals surface area (Å²) in [5.74, 6) is -1.26. The molecule has 2 rings (SSSR count). The second-order valence-electron chi connectivity index (χ2n) is 7.89. The molecular formula is C23H33F3O5. The van der Waals surface area contributed by atoms with E-state index in [0.29, 0.717) is 12.3 Å². The Morgan fingerprint density at radius 1 is 1.16 bits per heavy atom. The number of carbonyl (C=O) groups is 2. The van der Waals surface area contributed by atoms with Crippen LogP contribution in [0.2, 0.25) is 0 Å². The number of carbonyl (C=O) groups excluding carboxylic acids is 1. The van der Waals surface area contributed by atoms with Crippen LogP contribution in [0.25, 0.3) is 0 Å². The van der Waals surface area contributed by atoms with E-state index in [9.17, 15) is 27.9 Å². The highest BCUT2D eigenvalue weighted by Crippen LogP contribution is 2.32. The van der Waals surface area contributed by atoms with Gasteiger partial charge in [0.15, 0.2) is 6.10 Å². The number of hydrogen-bond acceptors (Lipinski definition) is 4. The van der Waals surface area contributed by atoms with E-state index in [0.717, 1.165) is 56.7 Å². The molecule has 0 aliphatic heterocycles. The van der Waals surface area contributed by atoms with Gasteiger partial charge in [0, 0.05) is 6.42 Å². The summed E-state index contributed by atoms with van der Waals surface area (Å²) >= 11 is 0. The molecule has 1 unspecified atom stereocenters. The van der Waals surface area contributed by atoms with Crippen molar-refractivity contribution in [1.82, 2.24) is 0 Å². The van der Waals surface area contributed by atoms with Crippen LogP contribution in [-0.4, -0.2) is 28.3 Å². The quantitative estimate of drug-likeness (QED) is 0.262. The van der Waals surface area contributed by atoms with Crippen molar-refractivity contribution in [3.8, 4) is 5.75 Å². The van der Waals surface area contributed by atoms with Crippen molar-refractivity contribution in [2.24, 2.45) is 5.92 Å². The van der Waals surface area contributed by atoms with Gasteiger partial charge in [-0.3, -0.25) is 4.79 Å². The van der Waals surface area contributed by atoms with Gasteiger partial charge in [-0.05, 0) is 43.4 Å². The Hall–Kier alpha value is -2.09. The number of aliphatic hydroxyl groups is 1. The monoisotopic (exact) mass is 446 g/mol. The van der Waals surface area contributed by atoms with Crippen molar-refractivity contribution in [3.05, 3.63) is 29.8 Å². The van der Waals surface area contributed by atoms with Crippen LogP contribution in [0.4, 0.5) is 13.2 Å². The maximum atomic E-state index is 12.6. The lowest BCUT2D eigenvalue weighted by molar-refractivity contribution is -0.145. The van der Waals surface area contributed by atoms with Crippen molar-refractivity contribution in [3.63, 3.8) is 0 Å². The van der Waals surface area contributed by atoms with E-state index >= 15 is 0 Å². The van der Waals surface area contributed by atoms with Crippen LogP contribution >= 0.6 is 0 Å². The van der Waals surface area contributed by atoms with E-state index in [-0.39, 0.29) is 12.2 Å². The van der Waals surface area contributed by atoms with E-state index in [1.165, 1.54) is 25.3 Å². The number of aliphatic hydroxyl groups excluding tert-OH is 1. The molecule has 1 atom stereocenters. The summed E-state index contributed by atoms with van der Waals surface area (Å²) in [6.07, 6.45) is 4.34. The molecule has 0 spiro atoms. The maximum Gasteiger partial charge on any atom is 0.416 e. The van der Waals surface area contributed by atoms with Crippen LogP contribution in [0.3, 0.4) is 0 Å². The minimum Gasteiger partial charge on any atom is -0.481 e. The molecule has 1 aromatic rings. The average molecular weight is 447 g/mol. The Balaban J connectivity index is 0.000000452. The molecule has 0 heterocycles. The van der Waals surface area contributed by atoms with Gasteiger partial charge in [0.1, 0.15) is 5.75 Å². The molecule has 2 N–H and O–H groups in total. The average Bonchev–Trinajstić information content (AvgIpc) is 3.23. The lowest BCUT2D eigenvalue weighted by Crippen LogP contribution is -2.26. The van der Waals surface area contributed by atoms with Crippen molar-refractivity contribution in [2.75, 3.05) is 0 Å². The molecule has 1 saturated carbocycles. The first-order valence-electron chi connectivity index (χ1n) is 10.9. The van der Waals surface area contributed by atoms with E-state index in [2.05, 4.69) is 6.92 Å². The summed E-state index contributed by atoms with van der Waals surface area (Å²) in [6.45, 7) is 2.11. The molecule has 5 nitrogen and oxygen atoms in total. The Morgan fingerprint density at radius 2 is 1.84 bits per heavy atom. The molecule has 1 fully saturated rings. The summed E-state index contributed by atoms with van der Waals surface area (Å²) in [6, 6.07) is 4.07. The third-order valence-corrected chi connectivity index (χ3v) is 5.22. The van der Waals surface area contributed by atoms with Crippen LogP contribution in [-0.2, 0) is 15.8 Å². The van der Waals surface area contributed by atoms with Crippen molar-refractivity contribution in [1.29, 1.82) is 0 Å². The Kier molecular flexibility index (Phi) is 12.2. The summed E-state index contributed by atoms with van der Waals surface area (Å²) in [4.78, 5) is 21.7. The molecular weight excluding hydrogens is 413 g/mol. The molecule has 0 amide bonds. The number of rotatable bonds is 10. The highest BCUT2D eigenvalue weighted by atomic mass is 19.4. The van der Waals surface area contributed by atoms with Crippen LogP contribution in [0.15, 0.2) is 24.3 Å². The van der Waals surface area contributed by atoms with Crippen molar-refractivity contribution >= 4 is 11.9 Å². The Bertz CT molecular complexity index is 669. The van der Waals surface area contributed by atoms with Gasteiger partial charge in [0.25, 0.3) is 0 Å². The number of carboxylic acid groups (broad SMARTS) is 1. The third kappa shape index (κ3) is 11.8. The highest BCUT2D eigenvalue weighted by molar-refractivity contribution is 5.76. The lowest BCUT2D eigenvalue weighted by Gasteiger charge is -2.14. The Labute approximate surface area is 181 Å². The molecule has 0 radical (unpaired) electrons. The fourth-order valence-electron chi connectivity index (χ4n) is 3.43. The first kappa shape index (κ1) is 26.9. The predicted molar refractivity (Wildman–Crippen MR) is 111 cm³/mol. The number of benzene rings is 1. The normalized spacial score (nSPS) is 15.1. The molecule has 8 heteroatoms. The smallest absolute Gasteiger partial charge is 0.416 e. The second-order valence-corrected chi connectivity index (χ2v) is 7.89. The topological polar surface area (TPSA) is 83.8 Å². The Morgan fingerprint density at radius 3 is 2.42 bits per heavy atom. The van der Waals surface area contributed by atoms with Gasteiger partial charge in [0.05, 0.1) is 5.56 Å². The van der Waals surface area contributed by atoms with Gasteiger partial charge in [-0.1, -0.05) is 57.9 Å². The van der Waals surface area contributed by atoms with Crippen LogP contribution < -0.4 is 4.74 Å². The molecule has 0 bridgehead atoms. The zero-order valence-corrected chi connectivity index (χ0v) is 18.0. The zero-order valence-electron chi connectivity index (χ0n) is 18.0. The third-order valence-electron chi connectivity index (χ3n) is 5.22. The fraction of sp³-hybridized carbons (Fsp3) is 0.652. The van der Waals surface area contributed by atoms with Gasteiger partial charge in [-0.2, -0.15) is 13.2 Å². The van der Waals surface area contributed by atoms with Gasteiger partial charge >= 0.3 is 18.1 Å². The fourth-order valence-corrected chi connectivity index (χ4v) is 3.43. The van der Waals surface area contributed by atoms with Crippen LogP contribution in [0.1, 0.15) is 83.1 Å². The number of hydrogen-bond donors (Lipinski definition) is 2. The molecule has 1 aliphatic rings. The summed E-state index contributed by atoms with van der Waals surface area (Å²) < 4.78 is 42.5. The van der Waals surface area contributed by atoms with Crippen molar-refractivity contribution < 1.29 is 37.7 Å². The minimum absolute atomic E-state index is 0.209. The molecule has 1 aromatic carbocycles. The largest absolute Gasteiger partial charge is 0.481 e. The number of alkyl halides is 3. The molecule has 1 aliphatic carbocycles. The number of carboxylic acids is 1. The van der Waals surface area contributed by atoms with Crippen LogP contribution in [0, 0.1) is 5.92 Å². The van der Waals surface area contributed by atoms with Gasteiger partial charge in [-0.25, -0.2) is 4.79 Å². The van der Waals surface area contributed by atoms with E-state index < -0.39 is 29.8 Å². The first-order valence-corrected chi connectivity index (χ1v) is 10.9. The van der Waals surface area contributed by atoms with E-state index in [1.807, 2.05) is 0 Å².